The summed E-state index contributed by atoms with van der Waals surface area (Å²) in [6.45, 7) is 15.2. The molecule has 4 atom stereocenters. The quantitative estimate of drug-likeness (QED) is 0.763. The van der Waals surface area contributed by atoms with Crippen LogP contribution >= 0.6 is 0 Å². The molecule has 1 heteroatoms. The van der Waals surface area contributed by atoms with Gasteiger partial charge in [-0.3, -0.25) is 0 Å². The average Bonchev–Trinajstić information content (AvgIpc) is 2.20. The summed E-state index contributed by atoms with van der Waals surface area (Å²) in [4.78, 5) is 0. The van der Waals surface area contributed by atoms with Gasteiger partial charge in [0.15, 0.2) is 0 Å². The molecule has 17 heavy (non-hydrogen) atoms. The fraction of sp³-hybridized carbons (Fsp3) is 1.00. The molecule has 1 aliphatic carbocycles. The maximum Gasteiger partial charge on any atom is 0.00966 e. The molecule has 0 aromatic carbocycles. The maximum atomic E-state index is 3.63. The summed E-state index contributed by atoms with van der Waals surface area (Å²) in [7, 11) is 0. The molecule has 0 aromatic rings. The van der Waals surface area contributed by atoms with Crippen LogP contribution in [-0.4, -0.2) is 12.1 Å². The monoisotopic (exact) mass is 239 g/mol. The van der Waals surface area contributed by atoms with Crippen LogP contribution in [0.1, 0.15) is 67.2 Å². The Hall–Kier alpha value is -0.0400. The number of hydrogen-bond donors (Lipinski definition) is 1. The van der Waals surface area contributed by atoms with Gasteiger partial charge in [-0.05, 0) is 63.8 Å². The van der Waals surface area contributed by atoms with Crippen molar-refractivity contribution in [3.05, 3.63) is 0 Å². The summed E-state index contributed by atoms with van der Waals surface area (Å²) >= 11 is 0. The molecule has 102 valence electrons. The summed E-state index contributed by atoms with van der Waals surface area (Å²) in [5.41, 5.74) is 0.266. The van der Waals surface area contributed by atoms with Gasteiger partial charge in [-0.15, -0.1) is 0 Å². The third kappa shape index (κ3) is 5.90. The predicted molar refractivity (Wildman–Crippen MR) is 77.2 cm³/mol. The minimum absolute atomic E-state index is 0.266. The second kappa shape index (κ2) is 6.22. The zero-order chi connectivity index (χ0) is 13.1. The Morgan fingerprint density at radius 2 is 1.76 bits per heavy atom. The van der Waals surface area contributed by atoms with Crippen molar-refractivity contribution in [2.24, 2.45) is 23.7 Å². The first kappa shape index (κ1) is 15.0. The van der Waals surface area contributed by atoms with Crippen LogP contribution in [0.25, 0.3) is 0 Å². The molecule has 0 spiro atoms. The van der Waals surface area contributed by atoms with Crippen molar-refractivity contribution in [1.82, 2.24) is 5.32 Å². The minimum atomic E-state index is 0.266. The standard InChI is InChI=1S/C16H33N/c1-12(11-17-16(4,5)6)9-15-8-7-13(2)14(3)10-15/h12-15,17H,7-11H2,1-6H3. The second-order valence-electron chi connectivity index (χ2n) is 7.61. The molecule has 0 amide bonds. The van der Waals surface area contributed by atoms with Gasteiger partial charge >= 0.3 is 0 Å². The van der Waals surface area contributed by atoms with E-state index in [9.17, 15) is 0 Å². The van der Waals surface area contributed by atoms with Gasteiger partial charge in [0.25, 0.3) is 0 Å². The summed E-state index contributed by atoms with van der Waals surface area (Å²) in [5.74, 6) is 3.70. The molecule has 0 bridgehead atoms. The van der Waals surface area contributed by atoms with Crippen molar-refractivity contribution in [1.29, 1.82) is 0 Å². The van der Waals surface area contributed by atoms with E-state index in [1.807, 2.05) is 0 Å². The molecular formula is C16H33N. The van der Waals surface area contributed by atoms with Crippen molar-refractivity contribution >= 4 is 0 Å². The first-order valence-corrected chi connectivity index (χ1v) is 7.53. The van der Waals surface area contributed by atoms with E-state index < -0.39 is 0 Å². The number of rotatable bonds is 4. The van der Waals surface area contributed by atoms with E-state index >= 15 is 0 Å². The Bertz CT molecular complexity index is 216. The lowest BCUT2D eigenvalue weighted by atomic mass is 9.73. The molecule has 1 nitrogen and oxygen atoms in total. The first-order chi connectivity index (χ1) is 7.78. The highest BCUT2D eigenvalue weighted by molar-refractivity contribution is 4.78. The lowest BCUT2D eigenvalue weighted by Crippen LogP contribution is -2.39. The lowest BCUT2D eigenvalue weighted by Gasteiger charge is -2.34. The van der Waals surface area contributed by atoms with Gasteiger partial charge in [0, 0.05) is 5.54 Å². The molecule has 1 rings (SSSR count). The summed E-state index contributed by atoms with van der Waals surface area (Å²) in [6, 6.07) is 0. The fourth-order valence-corrected chi connectivity index (χ4v) is 3.01. The van der Waals surface area contributed by atoms with Crippen LogP contribution in [0, 0.1) is 23.7 Å². The van der Waals surface area contributed by atoms with Crippen LogP contribution < -0.4 is 5.32 Å². The van der Waals surface area contributed by atoms with E-state index in [-0.39, 0.29) is 5.54 Å². The first-order valence-electron chi connectivity index (χ1n) is 7.53. The largest absolute Gasteiger partial charge is 0.312 e. The van der Waals surface area contributed by atoms with Gasteiger partial charge in [0.1, 0.15) is 0 Å². The Balaban J connectivity index is 2.25. The molecule has 1 aliphatic rings. The lowest BCUT2D eigenvalue weighted by molar-refractivity contribution is 0.182. The van der Waals surface area contributed by atoms with Crippen molar-refractivity contribution in [3.63, 3.8) is 0 Å². The maximum absolute atomic E-state index is 3.63. The molecule has 1 fully saturated rings. The van der Waals surface area contributed by atoms with Gasteiger partial charge in [-0.2, -0.15) is 0 Å². The van der Waals surface area contributed by atoms with Crippen molar-refractivity contribution in [2.45, 2.75) is 72.8 Å². The van der Waals surface area contributed by atoms with Crippen LogP contribution in [0.15, 0.2) is 0 Å². The molecule has 4 unspecified atom stereocenters. The van der Waals surface area contributed by atoms with Gasteiger partial charge < -0.3 is 5.32 Å². The Labute approximate surface area is 109 Å². The molecule has 0 aliphatic heterocycles. The van der Waals surface area contributed by atoms with E-state index in [1.165, 1.54) is 32.2 Å². The Morgan fingerprint density at radius 3 is 2.29 bits per heavy atom. The molecule has 0 heterocycles. The van der Waals surface area contributed by atoms with Crippen LogP contribution in [0.2, 0.25) is 0 Å². The van der Waals surface area contributed by atoms with Crippen molar-refractivity contribution in [2.75, 3.05) is 6.54 Å². The highest BCUT2D eigenvalue weighted by Crippen LogP contribution is 2.36. The van der Waals surface area contributed by atoms with Gasteiger partial charge in [-0.1, -0.05) is 33.6 Å². The smallest absolute Gasteiger partial charge is 0.00966 e. The zero-order valence-corrected chi connectivity index (χ0v) is 12.8. The highest BCUT2D eigenvalue weighted by Gasteiger charge is 2.25. The molecule has 1 saturated carbocycles. The van der Waals surface area contributed by atoms with Crippen molar-refractivity contribution in [3.8, 4) is 0 Å². The fourth-order valence-electron chi connectivity index (χ4n) is 3.01. The van der Waals surface area contributed by atoms with Gasteiger partial charge in [0.2, 0.25) is 0 Å². The van der Waals surface area contributed by atoms with Crippen LogP contribution in [0.3, 0.4) is 0 Å². The molecule has 0 radical (unpaired) electrons. The third-order valence-corrected chi connectivity index (χ3v) is 4.42. The SMILES string of the molecule is CC(CNC(C)(C)C)CC1CCC(C)C(C)C1. The molecular weight excluding hydrogens is 206 g/mol. The number of nitrogens with one attached hydrogen (secondary N) is 1. The summed E-state index contributed by atoms with van der Waals surface area (Å²) < 4.78 is 0. The normalized spacial score (nSPS) is 32.5. The van der Waals surface area contributed by atoms with E-state index in [0.717, 1.165) is 23.7 Å². The summed E-state index contributed by atoms with van der Waals surface area (Å²) in [6.07, 6.45) is 5.79. The minimum Gasteiger partial charge on any atom is -0.312 e. The number of hydrogen-bond acceptors (Lipinski definition) is 1. The van der Waals surface area contributed by atoms with Crippen LogP contribution in [-0.2, 0) is 0 Å². The average molecular weight is 239 g/mol. The Morgan fingerprint density at radius 1 is 1.12 bits per heavy atom. The zero-order valence-electron chi connectivity index (χ0n) is 12.8. The highest BCUT2D eigenvalue weighted by atomic mass is 14.9. The van der Waals surface area contributed by atoms with E-state index in [2.05, 4.69) is 46.9 Å². The van der Waals surface area contributed by atoms with Crippen LogP contribution in [0.5, 0.6) is 0 Å². The predicted octanol–water partition coefficient (Wildman–Crippen LogP) is 4.47. The molecule has 1 N–H and O–H groups in total. The van der Waals surface area contributed by atoms with Crippen LogP contribution in [0.4, 0.5) is 0 Å². The van der Waals surface area contributed by atoms with E-state index in [0.29, 0.717) is 0 Å². The van der Waals surface area contributed by atoms with Gasteiger partial charge in [-0.25, -0.2) is 0 Å². The third-order valence-electron chi connectivity index (χ3n) is 4.42. The second-order valence-corrected chi connectivity index (χ2v) is 7.61. The Kier molecular flexibility index (Phi) is 5.50. The van der Waals surface area contributed by atoms with E-state index in [1.54, 1.807) is 0 Å². The van der Waals surface area contributed by atoms with Gasteiger partial charge in [0.05, 0.1) is 0 Å². The van der Waals surface area contributed by atoms with Crippen molar-refractivity contribution < 1.29 is 0 Å². The molecule has 0 aromatic heterocycles. The van der Waals surface area contributed by atoms with E-state index in [4.69, 9.17) is 0 Å². The topological polar surface area (TPSA) is 12.0 Å². The molecule has 0 saturated heterocycles. The summed E-state index contributed by atoms with van der Waals surface area (Å²) in [5, 5.41) is 3.63.